The lowest BCUT2D eigenvalue weighted by molar-refractivity contribution is -0.132. The van der Waals surface area contributed by atoms with Gasteiger partial charge in [-0.15, -0.1) is 0 Å². The van der Waals surface area contributed by atoms with Gasteiger partial charge in [0.05, 0.1) is 19.9 Å². The van der Waals surface area contributed by atoms with E-state index in [0.29, 0.717) is 12.1 Å². The van der Waals surface area contributed by atoms with Crippen LogP contribution in [0.25, 0.3) is 0 Å². The number of methoxy groups -OCH3 is 2. The van der Waals surface area contributed by atoms with Gasteiger partial charge >= 0.3 is 5.97 Å². The average molecular weight is 236 g/mol. The van der Waals surface area contributed by atoms with E-state index in [0.717, 1.165) is 11.4 Å². The van der Waals surface area contributed by atoms with E-state index in [9.17, 15) is 4.79 Å². The molecule has 5 heteroatoms. The van der Waals surface area contributed by atoms with Crippen LogP contribution in [0, 0.1) is 0 Å². The zero-order valence-corrected chi connectivity index (χ0v) is 10.2. The van der Waals surface area contributed by atoms with Gasteiger partial charge in [0.25, 0.3) is 0 Å². The van der Waals surface area contributed by atoms with Crippen LogP contribution in [0.1, 0.15) is 13.3 Å². The first-order valence-electron chi connectivity index (χ1n) is 5.26. The standard InChI is InChI=1S/C12H16N2O3/c1-4-11(12(15)17-3)14-13-9-5-7-10(16-2)8-6-9/h5-8,13H,4H2,1-3H3/b14-11-. The Hall–Kier alpha value is -2.04. The molecule has 0 bridgehead atoms. The maximum absolute atomic E-state index is 11.3. The fourth-order valence-corrected chi connectivity index (χ4v) is 1.18. The quantitative estimate of drug-likeness (QED) is 0.483. The van der Waals surface area contributed by atoms with Gasteiger partial charge < -0.3 is 9.47 Å². The first kappa shape index (κ1) is 13.0. The number of nitrogens with one attached hydrogen (secondary N) is 1. The Morgan fingerprint density at radius 2 is 1.94 bits per heavy atom. The van der Waals surface area contributed by atoms with Crippen molar-refractivity contribution in [2.75, 3.05) is 19.6 Å². The molecule has 1 aromatic rings. The summed E-state index contributed by atoms with van der Waals surface area (Å²) in [6.07, 6.45) is 0.510. The zero-order valence-electron chi connectivity index (χ0n) is 10.2. The van der Waals surface area contributed by atoms with Crippen molar-refractivity contribution in [1.82, 2.24) is 0 Å². The van der Waals surface area contributed by atoms with Gasteiger partial charge in [0.2, 0.25) is 0 Å². The molecule has 17 heavy (non-hydrogen) atoms. The second kappa shape index (κ2) is 6.52. The molecule has 0 atom stereocenters. The Kier molecular flexibility index (Phi) is 5.00. The fraction of sp³-hybridized carbons (Fsp3) is 0.333. The molecule has 0 aliphatic carbocycles. The van der Waals surface area contributed by atoms with E-state index in [4.69, 9.17) is 4.74 Å². The summed E-state index contributed by atoms with van der Waals surface area (Å²) in [4.78, 5) is 11.3. The average Bonchev–Trinajstić information content (AvgIpc) is 2.39. The zero-order chi connectivity index (χ0) is 12.7. The SMILES string of the molecule is CC/C(=N/Nc1ccc(OC)cc1)C(=O)OC. The third kappa shape index (κ3) is 3.79. The monoisotopic (exact) mass is 236 g/mol. The number of esters is 1. The highest BCUT2D eigenvalue weighted by atomic mass is 16.5. The van der Waals surface area contributed by atoms with Gasteiger partial charge in [-0.2, -0.15) is 5.10 Å². The van der Waals surface area contributed by atoms with Gasteiger partial charge in [-0.25, -0.2) is 4.79 Å². The summed E-state index contributed by atoms with van der Waals surface area (Å²) in [5, 5.41) is 3.99. The molecule has 0 aromatic heterocycles. The minimum atomic E-state index is -0.423. The van der Waals surface area contributed by atoms with Crippen LogP contribution >= 0.6 is 0 Å². The maximum atomic E-state index is 11.3. The molecule has 0 saturated heterocycles. The second-order valence-electron chi connectivity index (χ2n) is 3.24. The summed E-state index contributed by atoms with van der Waals surface area (Å²) in [7, 11) is 2.94. The Bertz CT molecular complexity index is 399. The van der Waals surface area contributed by atoms with Gasteiger partial charge in [0.15, 0.2) is 0 Å². The minimum Gasteiger partial charge on any atom is -0.497 e. The molecule has 5 nitrogen and oxygen atoms in total. The summed E-state index contributed by atoms with van der Waals surface area (Å²) in [6.45, 7) is 1.84. The molecule has 0 fully saturated rings. The second-order valence-corrected chi connectivity index (χ2v) is 3.24. The number of carbonyl (C=O) groups excluding carboxylic acids is 1. The number of anilines is 1. The van der Waals surface area contributed by atoms with E-state index in [2.05, 4.69) is 15.3 Å². The number of nitrogens with zero attached hydrogens (tertiary/aromatic N) is 1. The van der Waals surface area contributed by atoms with Crippen molar-refractivity contribution < 1.29 is 14.3 Å². The van der Waals surface area contributed by atoms with Crippen molar-refractivity contribution in [3.8, 4) is 5.75 Å². The molecule has 0 aliphatic rings. The van der Waals surface area contributed by atoms with Crippen LogP contribution in [-0.2, 0) is 9.53 Å². The van der Waals surface area contributed by atoms with Crippen molar-refractivity contribution in [2.45, 2.75) is 13.3 Å². The van der Waals surface area contributed by atoms with Crippen LogP contribution in [-0.4, -0.2) is 25.9 Å². The number of carbonyl (C=O) groups is 1. The van der Waals surface area contributed by atoms with Gasteiger partial charge in [-0.05, 0) is 30.7 Å². The maximum Gasteiger partial charge on any atom is 0.354 e. The van der Waals surface area contributed by atoms with Crippen molar-refractivity contribution >= 4 is 17.4 Å². The molecule has 0 spiro atoms. The molecule has 0 aliphatic heterocycles. The molecule has 0 heterocycles. The molecule has 0 radical (unpaired) electrons. The molecule has 92 valence electrons. The van der Waals surface area contributed by atoms with Crippen LogP contribution in [0.5, 0.6) is 5.75 Å². The highest BCUT2D eigenvalue weighted by molar-refractivity contribution is 6.36. The Balaban J connectivity index is 2.69. The minimum absolute atomic E-state index is 0.350. The molecule has 1 aromatic carbocycles. The molecular weight excluding hydrogens is 220 g/mol. The molecule has 0 saturated carbocycles. The van der Waals surface area contributed by atoms with Crippen molar-refractivity contribution in [2.24, 2.45) is 5.10 Å². The molecule has 1 rings (SSSR count). The third-order valence-corrected chi connectivity index (χ3v) is 2.17. The molecule has 0 unspecified atom stereocenters. The number of ether oxygens (including phenoxy) is 2. The van der Waals surface area contributed by atoms with E-state index in [1.54, 1.807) is 7.11 Å². The predicted molar refractivity (Wildman–Crippen MR) is 66.4 cm³/mol. The first-order chi connectivity index (χ1) is 8.21. The van der Waals surface area contributed by atoms with Gasteiger partial charge in [0.1, 0.15) is 11.5 Å². The van der Waals surface area contributed by atoms with Crippen LogP contribution in [0.3, 0.4) is 0 Å². The smallest absolute Gasteiger partial charge is 0.354 e. The number of hydrogen-bond acceptors (Lipinski definition) is 5. The van der Waals surface area contributed by atoms with E-state index >= 15 is 0 Å². The van der Waals surface area contributed by atoms with E-state index < -0.39 is 5.97 Å². The number of hydrazone groups is 1. The van der Waals surface area contributed by atoms with Crippen molar-refractivity contribution in [3.05, 3.63) is 24.3 Å². The lowest BCUT2D eigenvalue weighted by Gasteiger charge is -2.04. The molecular formula is C12H16N2O3. The lowest BCUT2D eigenvalue weighted by Crippen LogP contribution is -2.16. The Morgan fingerprint density at radius 3 is 2.41 bits per heavy atom. The summed E-state index contributed by atoms with van der Waals surface area (Å²) in [6, 6.07) is 7.24. The van der Waals surface area contributed by atoms with Crippen molar-refractivity contribution in [3.63, 3.8) is 0 Å². The van der Waals surface area contributed by atoms with Gasteiger partial charge in [0, 0.05) is 0 Å². The Morgan fingerprint density at radius 1 is 1.29 bits per heavy atom. The Labute approximate surface area is 100 Å². The number of benzene rings is 1. The van der Waals surface area contributed by atoms with Gasteiger partial charge in [-0.1, -0.05) is 6.92 Å². The van der Waals surface area contributed by atoms with Crippen molar-refractivity contribution in [1.29, 1.82) is 0 Å². The summed E-state index contributed by atoms with van der Waals surface area (Å²) >= 11 is 0. The predicted octanol–water partition coefficient (Wildman–Crippen LogP) is 2.05. The van der Waals surface area contributed by atoms with Crippen LogP contribution in [0.15, 0.2) is 29.4 Å². The highest BCUT2D eigenvalue weighted by Crippen LogP contribution is 2.14. The van der Waals surface area contributed by atoms with E-state index in [1.807, 2.05) is 31.2 Å². The summed E-state index contributed by atoms with van der Waals surface area (Å²) in [5.41, 5.74) is 3.92. The van der Waals surface area contributed by atoms with E-state index in [1.165, 1.54) is 7.11 Å². The first-order valence-corrected chi connectivity index (χ1v) is 5.26. The highest BCUT2D eigenvalue weighted by Gasteiger charge is 2.08. The largest absolute Gasteiger partial charge is 0.497 e. The third-order valence-electron chi connectivity index (χ3n) is 2.17. The molecule has 1 N–H and O–H groups in total. The summed E-state index contributed by atoms with van der Waals surface area (Å²) < 4.78 is 9.63. The topological polar surface area (TPSA) is 59.9 Å². The van der Waals surface area contributed by atoms with Gasteiger partial charge in [-0.3, -0.25) is 5.43 Å². The lowest BCUT2D eigenvalue weighted by atomic mass is 10.3. The van der Waals surface area contributed by atoms with Crippen LogP contribution in [0.4, 0.5) is 5.69 Å². The number of rotatable bonds is 5. The van der Waals surface area contributed by atoms with E-state index in [-0.39, 0.29) is 0 Å². The number of hydrogen-bond donors (Lipinski definition) is 1. The molecule has 0 amide bonds. The normalized spacial score (nSPS) is 10.9. The summed E-state index contributed by atoms with van der Waals surface area (Å²) in [5.74, 6) is 0.344. The van der Waals surface area contributed by atoms with Crippen LogP contribution < -0.4 is 10.2 Å². The van der Waals surface area contributed by atoms with Crippen LogP contribution in [0.2, 0.25) is 0 Å². The fourth-order valence-electron chi connectivity index (χ4n) is 1.18.